The van der Waals surface area contributed by atoms with Gasteiger partial charge >= 0.3 is 0 Å². The highest BCUT2D eigenvalue weighted by molar-refractivity contribution is 6.09. The van der Waals surface area contributed by atoms with Gasteiger partial charge in [-0.3, -0.25) is 4.79 Å². The molecule has 0 fully saturated rings. The first-order valence-corrected chi connectivity index (χ1v) is 11.3. The molecule has 1 aliphatic rings. The summed E-state index contributed by atoms with van der Waals surface area (Å²) >= 11 is 0. The van der Waals surface area contributed by atoms with Crippen molar-refractivity contribution in [3.05, 3.63) is 107 Å². The van der Waals surface area contributed by atoms with Crippen molar-refractivity contribution in [3.63, 3.8) is 0 Å². The van der Waals surface area contributed by atoms with Gasteiger partial charge in [0.2, 0.25) is 6.79 Å². The van der Waals surface area contributed by atoms with Crippen molar-refractivity contribution < 1.29 is 18.8 Å². The highest BCUT2D eigenvalue weighted by atomic mass is 16.7. The molecule has 7 heteroatoms. The summed E-state index contributed by atoms with van der Waals surface area (Å²) in [6, 6.07) is 26.7. The number of aromatic nitrogens is 2. The molecule has 1 N–H and O–H groups in total. The van der Waals surface area contributed by atoms with Crippen molar-refractivity contribution in [2.45, 2.75) is 13.0 Å². The molecule has 0 atom stereocenters. The third-order valence-electron chi connectivity index (χ3n) is 6.01. The molecule has 0 spiro atoms. The van der Waals surface area contributed by atoms with Crippen molar-refractivity contribution in [2.75, 3.05) is 6.79 Å². The maximum atomic E-state index is 13.8. The third-order valence-corrected chi connectivity index (χ3v) is 6.01. The van der Waals surface area contributed by atoms with E-state index in [1.807, 2.05) is 85.8 Å². The Hall–Kier alpha value is -4.65. The summed E-state index contributed by atoms with van der Waals surface area (Å²) in [5, 5.41) is 8.02. The first-order valence-electron chi connectivity index (χ1n) is 11.3. The average Bonchev–Trinajstić information content (AvgIpc) is 3.54. The Bertz CT molecular complexity index is 1490. The van der Waals surface area contributed by atoms with Gasteiger partial charge in [0.15, 0.2) is 11.5 Å². The Morgan fingerprint density at radius 2 is 1.57 bits per heavy atom. The molecule has 172 valence electrons. The van der Waals surface area contributed by atoms with Gasteiger partial charge in [-0.2, -0.15) is 0 Å². The molecule has 7 nitrogen and oxygen atoms in total. The quantitative estimate of drug-likeness (QED) is 0.373. The van der Waals surface area contributed by atoms with E-state index in [1.165, 1.54) is 0 Å². The zero-order valence-electron chi connectivity index (χ0n) is 18.9. The predicted molar refractivity (Wildman–Crippen MR) is 130 cm³/mol. The van der Waals surface area contributed by atoms with Gasteiger partial charge < -0.3 is 19.3 Å². The number of benzene rings is 3. The van der Waals surface area contributed by atoms with E-state index in [4.69, 9.17) is 14.0 Å². The molecule has 35 heavy (non-hydrogen) atoms. The van der Waals surface area contributed by atoms with E-state index in [1.54, 1.807) is 6.07 Å². The minimum Gasteiger partial charge on any atom is -0.454 e. The summed E-state index contributed by atoms with van der Waals surface area (Å²) in [7, 11) is 0. The SMILES string of the molecule is Cc1cc(C(=O)NC(c2ccccc2)c2ccccc2)c2c(-c3ccc4c(c3)OCO4)noc2n1. The van der Waals surface area contributed by atoms with E-state index >= 15 is 0 Å². The Kier molecular flexibility index (Phi) is 5.15. The fraction of sp³-hybridized carbons (Fsp3) is 0.107. The second-order valence-electron chi connectivity index (χ2n) is 8.32. The summed E-state index contributed by atoms with van der Waals surface area (Å²) in [6.45, 7) is 2.00. The first-order chi connectivity index (χ1) is 17.2. The molecular formula is C28H21N3O4. The van der Waals surface area contributed by atoms with Crippen LogP contribution in [0.1, 0.15) is 33.2 Å². The minimum atomic E-state index is -0.331. The van der Waals surface area contributed by atoms with Crippen LogP contribution in [0.2, 0.25) is 0 Å². The fourth-order valence-corrected chi connectivity index (χ4v) is 4.35. The van der Waals surface area contributed by atoms with Crippen LogP contribution in [0.5, 0.6) is 11.5 Å². The molecule has 6 rings (SSSR count). The maximum absolute atomic E-state index is 13.8. The molecule has 3 aromatic carbocycles. The highest BCUT2D eigenvalue weighted by Gasteiger charge is 2.25. The van der Waals surface area contributed by atoms with Crippen LogP contribution < -0.4 is 14.8 Å². The topological polar surface area (TPSA) is 86.5 Å². The van der Waals surface area contributed by atoms with Gasteiger partial charge in [0.1, 0.15) is 5.69 Å². The molecule has 1 aliphatic heterocycles. The molecule has 2 aromatic heterocycles. The molecule has 0 radical (unpaired) electrons. The number of aryl methyl sites for hydroxylation is 1. The smallest absolute Gasteiger partial charge is 0.259 e. The summed E-state index contributed by atoms with van der Waals surface area (Å²) in [5.74, 6) is 1.04. The molecule has 1 amide bonds. The normalized spacial score (nSPS) is 12.3. The number of hydrogen-bond donors (Lipinski definition) is 1. The van der Waals surface area contributed by atoms with Gasteiger partial charge in [0, 0.05) is 11.3 Å². The first kappa shape index (κ1) is 20.9. The van der Waals surface area contributed by atoms with Gasteiger partial charge in [0.05, 0.1) is 17.0 Å². The summed E-state index contributed by atoms with van der Waals surface area (Å²) in [5.41, 5.74) is 4.64. The Balaban J connectivity index is 1.44. The summed E-state index contributed by atoms with van der Waals surface area (Å²) in [6.07, 6.45) is 0. The maximum Gasteiger partial charge on any atom is 0.259 e. The summed E-state index contributed by atoms with van der Waals surface area (Å²) < 4.78 is 16.5. The zero-order chi connectivity index (χ0) is 23.8. The molecule has 5 aromatic rings. The zero-order valence-corrected chi connectivity index (χ0v) is 18.9. The Morgan fingerprint density at radius 1 is 0.886 bits per heavy atom. The van der Waals surface area contributed by atoms with Gasteiger partial charge in [-0.1, -0.05) is 65.8 Å². The number of rotatable bonds is 5. The van der Waals surface area contributed by atoms with Crippen molar-refractivity contribution in [1.29, 1.82) is 0 Å². The van der Waals surface area contributed by atoms with Crippen molar-refractivity contribution in [1.82, 2.24) is 15.5 Å². The summed E-state index contributed by atoms with van der Waals surface area (Å²) in [4.78, 5) is 18.3. The fourth-order valence-electron chi connectivity index (χ4n) is 4.35. The van der Waals surface area contributed by atoms with Gasteiger partial charge in [-0.25, -0.2) is 4.98 Å². The minimum absolute atomic E-state index is 0.174. The molecule has 0 saturated carbocycles. The molecule has 0 aliphatic carbocycles. The Labute approximate surface area is 201 Å². The van der Waals surface area contributed by atoms with Gasteiger partial charge in [-0.05, 0) is 42.3 Å². The number of carbonyl (C=O) groups excluding carboxylic acids is 1. The lowest BCUT2D eigenvalue weighted by Gasteiger charge is -2.20. The van der Waals surface area contributed by atoms with Crippen LogP contribution in [0, 0.1) is 6.92 Å². The van der Waals surface area contributed by atoms with E-state index in [9.17, 15) is 4.79 Å². The van der Waals surface area contributed by atoms with E-state index in [0.717, 1.165) is 16.7 Å². The monoisotopic (exact) mass is 463 g/mol. The van der Waals surface area contributed by atoms with Crippen molar-refractivity contribution in [3.8, 4) is 22.8 Å². The third kappa shape index (κ3) is 3.87. The number of amides is 1. The molecule has 0 bridgehead atoms. The van der Waals surface area contributed by atoms with E-state index in [0.29, 0.717) is 39.6 Å². The van der Waals surface area contributed by atoms with E-state index in [2.05, 4.69) is 15.5 Å². The number of carbonyl (C=O) groups is 1. The van der Waals surface area contributed by atoms with Crippen LogP contribution in [0.15, 0.2) is 89.5 Å². The molecule has 0 unspecified atom stereocenters. The van der Waals surface area contributed by atoms with Crippen molar-refractivity contribution >= 4 is 17.0 Å². The van der Waals surface area contributed by atoms with Gasteiger partial charge in [-0.15, -0.1) is 0 Å². The number of fused-ring (bicyclic) bond motifs is 2. The second-order valence-corrected chi connectivity index (χ2v) is 8.32. The van der Waals surface area contributed by atoms with Crippen LogP contribution in [-0.2, 0) is 0 Å². The van der Waals surface area contributed by atoms with Gasteiger partial charge in [0.25, 0.3) is 11.6 Å². The van der Waals surface area contributed by atoms with Crippen LogP contribution >= 0.6 is 0 Å². The van der Waals surface area contributed by atoms with Crippen LogP contribution in [0.4, 0.5) is 0 Å². The lowest BCUT2D eigenvalue weighted by Crippen LogP contribution is -2.29. The number of nitrogens with one attached hydrogen (secondary N) is 1. The van der Waals surface area contributed by atoms with Crippen molar-refractivity contribution in [2.24, 2.45) is 0 Å². The largest absolute Gasteiger partial charge is 0.454 e. The molecule has 3 heterocycles. The van der Waals surface area contributed by atoms with Crippen LogP contribution in [0.25, 0.3) is 22.4 Å². The standard InChI is InChI=1S/C28H21N3O4/c1-17-14-21(27(32)30-25(18-8-4-2-5-9-18)19-10-6-3-7-11-19)24-26(31-35-28(24)29-17)20-12-13-22-23(15-20)34-16-33-22/h2-15,25H,16H2,1H3,(H,30,32). The number of hydrogen-bond acceptors (Lipinski definition) is 6. The number of pyridine rings is 1. The number of ether oxygens (including phenoxy) is 2. The lowest BCUT2D eigenvalue weighted by atomic mass is 9.97. The molecular weight excluding hydrogens is 442 g/mol. The van der Waals surface area contributed by atoms with Crippen LogP contribution in [-0.4, -0.2) is 22.8 Å². The van der Waals surface area contributed by atoms with Crippen LogP contribution in [0.3, 0.4) is 0 Å². The van der Waals surface area contributed by atoms with E-state index in [-0.39, 0.29) is 18.7 Å². The average molecular weight is 463 g/mol. The second kappa shape index (κ2) is 8.61. The lowest BCUT2D eigenvalue weighted by molar-refractivity contribution is 0.0944. The number of nitrogens with zero attached hydrogens (tertiary/aromatic N) is 2. The molecule has 0 saturated heterocycles. The Morgan fingerprint density at radius 3 is 2.29 bits per heavy atom. The van der Waals surface area contributed by atoms with E-state index < -0.39 is 0 Å². The highest BCUT2D eigenvalue weighted by Crippen LogP contribution is 2.38. The predicted octanol–water partition coefficient (Wildman–Crippen LogP) is 5.45.